The zero-order chi connectivity index (χ0) is 13.2. The second-order valence-electron chi connectivity index (χ2n) is 5.62. The van der Waals surface area contributed by atoms with Crippen molar-refractivity contribution in [1.82, 2.24) is 5.32 Å². The quantitative estimate of drug-likeness (QED) is 0.877. The first-order valence-electron chi connectivity index (χ1n) is 7.08. The molecule has 1 heteroatoms. The Bertz CT molecular complexity index is 548. The summed E-state index contributed by atoms with van der Waals surface area (Å²) in [6.45, 7) is 2.17. The molecule has 3 rings (SSSR count). The summed E-state index contributed by atoms with van der Waals surface area (Å²) >= 11 is 0. The van der Waals surface area contributed by atoms with E-state index in [0.717, 1.165) is 0 Å². The van der Waals surface area contributed by atoms with Crippen molar-refractivity contribution >= 4 is 0 Å². The van der Waals surface area contributed by atoms with Crippen molar-refractivity contribution in [3.05, 3.63) is 70.8 Å². The van der Waals surface area contributed by atoms with Crippen molar-refractivity contribution in [1.29, 1.82) is 0 Å². The van der Waals surface area contributed by atoms with Gasteiger partial charge in [0.2, 0.25) is 0 Å². The van der Waals surface area contributed by atoms with E-state index in [9.17, 15) is 0 Å². The van der Waals surface area contributed by atoms with Crippen molar-refractivity contribution in [3.63, 3.8) is 0 Å². The van der Waals surface area contributed by atoms with E-state index in [2.05, 4.69) is 67.8 Å². The summed E-state index contributed by atoms with van der Waals surface area (Å²) in [6, 6.07) is 18.2. The molecule has 1 aliphatic rings. The van der Waals surface area contributed by atoms with E-state index in [0.29, 0.717) is 12.0 Å². The molecule has 0 spiro atoms. The van der Waals surface area contributed by atoms with Crippen LogP contribution in [0.5, 0.6) is 0 Å². The molecular formula is C18H21N. The summed E-state index contributed by atoms with van der Waals surface area (Å²) in [5.41, 5.74) is 5.81. The van der Waals surface area contributed by atoms with Gasteiger partial charge in [-0.25, -0.2) is 0 Å². The van der Waals surface area contributed by atoms with Crippen molar-refractivity contribution < 1.29 is 0 Å². The number of benzene rings is 2. The molecule has 0 fully saturated rings. The Hall–Kier alpha value is -1.60. The van der Waals surface area contributed by atoms with E-state index in [1.807, 2.05) is 0 Å². The summed E-state index contributed by atoms with van der Waals surface area (Å²) in [4.78, 5) is 0. The Labute approximate surface area is 115 Å². The molecule has 0 aliphatic heterocycles. The Morgan fingerprint density at radius 1 is 1.00 bits per heavy atom. The number of nitrogens with one attached hydrogen (secondary N) is 1. The van der Waals surface area contributed by atoms with Gasteiger partial charge in [-0.15, -0.1) is 0 Å². The van der Waals surface area contributed by atoms with Crippen LogP contribution in [0, 0.1) is 12.8 Å². The first-order chi connectivity index (χ1) is 9.28. The van der Waals surface area contributed by atoms with Crippen LogP contribution in [-0.2, 0) is 12.8 Å². The van der Waals surface area contributed by atoms with Gasteiger partial charge < -0.3 is 5.32 Å². The highest BCUT2D eigenvalue weighted by atomic mass is 14.9. The molecule has 0 aromatic heterocycles. The predicted octanol–water partition coefficient (Wildman–Crippen LogP) is 3.67. The van der Waals surface area contributed by atoms with Crippen molar-refractivity contribution in [3.8, 4) is 0 Å². The molecular weight excluding hydrogens is 230 g/mol. The van der Waals surface area contributed by atoms with Gasteiger partial charge in [-0.3, -0.25) is 0 Å². The number of hydrogen-bond acceptors (Lipinski definition) is 1. The molecule has 0 radical (unpaired) electrons. The van der Waals surface area contributed by atoms with Crippen molar-refractivity contribution in [2.45, 2.75) is 25.8 Å². The van der Waals surface area contributed by atoms with Crippen LogP contribution in [0.1, 0.15) is 28.3 Å². The molecule has 0 heterocycles. The Morgan fingerprint density at radius 2 is 1.68 bits per heavy atom. The van der Waals surface area contributed by atoms with E-state index in [1.54, 1.807) is 0 Å². The number of rotatable bonds is 3. The van der Waals surface area contributed by atoms with Crippen LogP contribution in [0.25, 0.3) is 0 Å². The third kappa shape index (κ3) is 2.43. The topological polar surface area (TPSA) is 12.0 Å². The summed E-state index contributed by atoms with van der Waals surface area (Å²) in [5.74, 6) is 0.671. The highest BCUT2D eigenvalue weighted by molar-refractivity contribution is 5.34. The Balaban J connectivity index is 1.86. The maximum Gasteiger partial charge on any atom is 0.0352 e. The van der Waals surface area contributed by atoms with Gasteiger partial charge in [0, 0.05) is 6.04 Å². The molecule has 1 aliphatic carbocycles. The minimum absolute atomic E-state index is 0.451. The zero-order valence-corrected chi connectivity index (χ0v) is 11.7. The summed E-state index contributed by atoms with van der Waals surface area (Å²) in [5, 5.41) is 3.52. The fourth-order valence-corrected chi connectivity index (χ4v) is 3.37. The minimum Gasteiger partial charge on any atom is -0.313 e. The van der Waals surface area contributed by atoms with Crippen LogP contribution in [0.2, 0.25) is 0 Å². The molecule has 1 N–H and O–H groups in total. The average Bonchev–Trinajstić information content (AvgIpc) is 2.83. The Kier molecular flexibility index (Phi) is 3.39. The van der Waals surface area contributed by atoms with Gasteiger partial charge >= 0.3 is 0 Å². The number of fused-ring (bicyclic) bond motifs is 1. The number of hydrogen-bond donors (Lipinski definition) is 1. The molecule has 1 nitrogen and oxygen atoms in total. The third-order valence-electron chi connectivity index (χ3n) is 4.27. The molecule has 0 bridgehead atoms. The smallest absolute Gasteiger partial charge is 0.0352 e. The first kappa shape index (κ1) is 12.4. The van der Waals surface area contributed by atoms with E-state index < -0.39 is 0 Å². The fraction of sp³-hybridized carbons (Fsp3) is 0.333. The lowest BCUT2D eigenvalue weighted by Crippen LogP contribution is -2.25. The highest BCUT2D eigenvalue weighted by Crippen LogP contribution is 2.35. The molecule has 0 saturated carbocycles. The van der Waals surface area contributed by atoms with Gasteiger partial charge in [0.25, 0.3) is 0 Å². The Morgan fingerprint density at radius 3 is 2.26 bits per heavy atom. The van der Waals surface area contributed by atoms with Crippen LogP contribution < -0.4 is 5.32 Å². The molecule has 2 aromatic carbocycles. The minimum atomic E-state index is 0.451. The maximum absolute atomic E-state index is 3.52. The van der Waals surface area contributed by atoms with Gasteiger partial charge in [-0.2, -0.15) is 0 Å². The van der Waals surface area contributed by atoms with Gasteiger partial charge in [0.1, 0.15) is 0 Å². The molecule has 0 saturated heterocycles. The lowest BCUT2D eigenvalue weighted by molar-refractivity contribution is 0.397. The largest absolute Gasteiger partial charge is 0.313 e. The van der Waals surface area contributed by atoms with Gasteiger partial charge in [0.15, 0.2) is 0 Å². The second-order valence-corrected chi connectivity index (χ2v) is 5.62. The monoisotopic (exact) mass is 251 g/mol. The lowest BCUT2D eigenvalue weighted by atomic mass is 9.90. The SMILES string of the molecule is CNC(c1cccc(C)c1)C1Cc2ccccc2C1. The van der Waals surface area contributed by atoms with Crippen LogP contribution in [-0.4, -0.2) is 7.05 Å². The summed E-state index contributed by atoms with van der Waals surface area (Å²) < 4.78 is 0. The van der Waals surface area contributed by atoms with Crippen molar-refractivity contribution in [2.24, 2.45) is 5.92 Å². The summed E-state index contributed by atoms with van der Waals surface area (Å²) in [6.07, 6.45) is 2.38. The van der Waals surface area contributed by atoms with Gasteiger partial charge in [0.05, 0.1) is 0 Å². The standard InChI is InChI=1S/C18H21N/c1-13-6-5-9-16(10-13)18(19-2)17-11-14-7-3-4-8-15(14)12-17/h3-10,17-19H,11-12H2,1-2H3. The zero-order valence-electron chi connectivity index (χ0n) is 11.7. The van der Waals surface area contributed by atoms with E-state index in [4.69, 9.17) is 0 Å². The van der Waals surface area contributed by atoms with Gasteiger partial charge in [-0.1, -0.05) is 54.1 Å². The molecule has 98 valence electrons. The maximum atomic E-state index is 3.52. The van der Waals surface area contributed by atoms with Crippen LogP contribution >= 0.6 is 0 Å². The van der Waals surface area contributed by atoms with Gasteiger partial charge in [-0.05, 0) is 49.4 Å². The summed E-state index contributed by atoms with van der Waals surface area (Å²) in [7, 11) is 2.08. The second kappa shape index (κ2) is 5.18. The normalized spacial score (nSPS) is 16.3. The highest BCUT2D eigenvalue weighted by Gasteiger charge is 2.28. The van der Waals surface area contributed by atoms with E-state index in [1.165, 1.54) is 35.1 Å². The van der Waals surface area contributed by atoms with Crippen LogP contribution in [0.3, 0.4) is 0 Å². The molecule has 0 amide bonds. The van der Waals surface area contributed by atoms with Crippen molar-refractivity contribution in [2.75, 3.05) is 7.05 Å². The third-order valence-corrected chi connectivity index (χ3v) is 4.27. The fourth-order valence-electron chi connectivity index (χ4n) is 3.37. The first-order valence-corrected chi connectivity index (χ1v) is 7.08. The molecule has 19 heavy (non-hydrogen) atoms. The van der Waals surface area contributed by atoms with Crippen LogP contribution in [0.15, 0.2) is 48.5 Å². The predicted molar refractivity (Wildman–Crippen MR) is 80.3 cm³/mol. The average molecular weight is 251 g/mol. The van der Waals surface area contributed by atoms with E-state index >= 15 is 0 Å². The number of aryl methyl sites for hydroxylation is 1. The molecule has 2 aromatic rings. The molecule has 1 atom stereocenters. The molecule has 1 unspecified atom stereocenters. The van der Waals surface area contributed by atoms with E-state index in [-0.39, 0.29) is 0 Å². The van der Waals surface area contributed by atoms with Crippen LogP contribution in [0.4, 0.5) is 0 Å². The lowest BCUT2D eigenvalue weighted by Gasteiger charge is -2.23.